The van der Waals surface area contributed by atoms with Gasteiger partial charge in [0.15, 0.2) is 0 Å². The first-order valence-corrected chi connectivity index (χ1v) is 7.06. The molecule has 102 valence electrons. The molecule has 2 aromatic rings. The average molecular weight is 259 g/mol. The van der Waals surface area contributed by atoms with Crippen LogP contribution in [0, 0.1) is 5.92 Å². The summed E-state index contributed by atoms with van der Waals surface area (Å²) in [5.41, 5.74) is 0. The molecular weight excluding hydrogens is 238 g/mol. The zero-order valence-electron chi connectivity index (χ0n) is 11.5. The third-order valence-electron chi connectivity index (χ3n) is 3.91. The number of nitrogens with one attached hydrogen (secondary N) is 1. The summed E-state index contributed by atoms with van der Waals surface area (Å²) < 4.78 is 7.64. The Balaban J connectivity index is 1.77. The zero-order chi connectivity index (χ0) is 13.2. The fraction of sp³-hybridized carbons (Fsp3) is 0.533. The molecule has 1 fully saturated rings. The van der Waals surface area contributed by atoms with E-state index >= 15 is 0 Å². The van der Waals surface area contributed by atoms with Gasteiger partial charge in [0.25, 0.3) is 0 Å². The van der Waals surface area contributed by atoms with E-state index in [2.05, 4.69) is 21.8 Å². The standard InChI is InChI=1S/C15H21N3O/c1-3-5-11-10-12(11)17-14(13-6-4-9-19-13)15-16-7-8-18(15)2/h4,6-9,11-12,14,17H,3,5,10H2,1-2H3. The van der Waals surface area contributed by atoms with Crippen LogP contribution in [0.1, 0.15) is 43.8 Å². The van der Waals surface area contributed by atoms with Crippen molar-refractivity contribution in [1.29, 1.82) is 0 Å². The fourth-order valence-electron chi connectivity index (χ4n) is 2.75. The number of aryl methyl sites for hydroxylation is 1. The number of hydrogen-bond donors (Lipinski definition) is 1. The number of aromatic nitrogens is 2. The van der Waals surface area contributed by atoms with Gasteiger partial charge in [-0.1, -0.05) is 13.3 Å². The van der Waals surface area contributed by atoms with E-state index in [9.17, 15) is 0 Å². The van der Waals surface area contributed by atoms with E-state index in [1.807, 2.05) is 31.6 Å². The Morgan fingerprint density at radius 3 is 3.11 bits per heavy atom. The maximum atomic E-state index is 5.58. The smallest absolute Gasteiger partial charge is 0.133 e. The van der Waals surface area contributed by atoms with Crippen molar-refractivity contribution in [2.45, 2.75) is 38.3 Å². The Labute approximate surface area is 113 Å². The summed E-state index contributed by atoms with van der Waals surface area (Å²) in [7, 11) is 2.02. The van der Waals surface area contributed by atoms with Crippen molar-refractivity contribution in [1.82, 2.24) is 14.9 Å². The summed E-state index contributed by atoms with van der Waals surface area (Å²) in [5.74, 6) is 2.77. The van der Waals surface area contributed by atoms with Crippen LogP contribution >= 0.6 is 0 Å². The van der Waals surface area contributed by atoms with Crippen LogP contribution in [0.2, 0.25) is 0 Å². The largest absolute Gasteiger partial charge is 0.467 e. The van der Waals surface area contributed by atoms with Crippen molar-refractivity contribution >= 4 is 0 Å². The lowest BCUT2D eigenvalue weighted by atomic mass is 10.2. The quantitative estimate of drug-likeness (QED) is 0.867. The van der Waals surface area contributed by atoms with E-state index in [-0.39, 0.29) is 6.04 Å². The van der Waals surface area contributed by atoms with Crippen molar-refractivity contribution in [3.8, 4) is 0 Å². The summed E-state index contributed by atoms with van der Waals surface area (Å²) in [6.07, 6.45) is 9.38. The molecule has 0 radical (unpaired) electrons. The highest BCUT2D eigenvalue weighted by molar-refractivity contribution is 5.17. The normalized spacial score (nSPS) is 23.5. The minimum absolute atomic E-state index is 0.0573. The molecule has 2 aromatic heterocycles. The van der Waals surface area contributed by atoms with E-state index in [4.69, 9.17) is 4.42 Å². The Morgan fingerprint density at radius 1 is 1.58 bits per heavy atom. The van der Waals surface area contributed by atoms with Crippen LogP contribution in [0.25, 0.3) is 0 Å². The SMILES string of the molecule is CCCC1CC1NC(c1ccco1)c1nccn1C. The van der Waals surface area contributed by atoms with Gasteiger partial charge >= 0.3 is 0 Å². The molecule has 1 aliphatic carbocycles. The maximum Gasteiger partial charge on any atom is 0.133 e. The molecule has 19 heavy (non-hydrogen) atoms. The van der Waals surface area contributed by atoms with E-state index < -0.39 is 0 Å². The second-order valence-electron chi connectivity index (χ2n) is 5.40. The first-order chi connectivity index (χ1) is 9.29. The minimum atomic E-state index is 0.0573. The summed E-state index contributed by atoms with van der Waals surface area (Å²) in [4.78, 5) is 4.46. The van der Waals surface area contributed by atoms with Gasteiger partial charge in [-0.2, -0.15) is 0 Å². The lowest BCUT2D eigenvalue weighted by Crippen LogP contribution is -2.27. The van der Waals surface area contributed by atoms with Gasteiger partial charge in [-0.05, 0) is 30.9 Å². The second kappa shape index (κ2) is 5.21. The fourth-order valence-corrected chi connectivity index (χ4v) is 2.75. The summed E-state index contributed by atoms with van der Waals surface area (Å²) in [6.45, 7) is 2.25. The molecule has 0 saturated heterocycles. The highest BCUT2D eigenvalue weighted by Crippen LogP contribution is 2.37. The predicted molar refractivity (Wildman–Crippen MR) is 73.7 cm³/mol. The van der Waals surface area contributed by atoms with Crippen molar-refractivity contribution < 1.29 is 4.42 Å². The van der Waals surface area contributed by atoms with Gasteiger partial charge in [0.2, 0.25) is 0 Å². The first kappa shape index (κ1) is 12.5. The Hall–Kier alpha value is -1.55. The van der Waals surface area contributed by atoms with E-state index in [0.29, 0.717) is 6.04 Å². The number of nitrogens with zero attached hydrogens (tertiary/aromatic N) is 2. The number of furan rings is 1. The Morgan fingerprint density at radius 2 is 2.47 bits per heavy atom. The molecule has 4 heteroatoms. The zero-order valence-corrected chi connectivity index (χ0v) is 11.5. The Kier molecular flexibility index (Phi) is 3.42. The number of imidazole rings is 1. The molecule has 0 aliphatic heterocycles. The molecule has 0 bridgehead atoms. The van der Waals surface area contributed by atoms with Crippen molar-refractivity contribution in [2.24, 2.45) is 13.0 Å². The van der Waals surface area contributed by atoms with Crippen LogP contribution < -0.4 is 5.32 Å². The molecule has 4 nitrogen and oxygen atoms in total. The summed E-state index contributed by atoms with van der Waals surface area (Å²) >= 11 is 0. The molecule has 1 N–H and O–H groups in total. The van der Waals surface area contributed by atoms with Gasteiger partial charge in [-0.15, -0.1) is 0 Å². The van der Waals surface area contributed by atoms with Crippen LogP contribution in [0.4, 0.5) is 0 Å². The molecule has 1 saturated carbocycles. The third kappa shape index (κ3) is 2.59. The molecule has 2 heterocycles. The van der Waals surface area contributed by atoms with Crippen LogP contribution in [0.5, 0.6) is 0 Å². The highest BCUT2D eigenvalue weighted by atomic mass is 16.3. The van der Waals surface area contributed by atoms with Crippen molar-refractivity contribution in [2.75, 3.05) is 0 Å². The van der Waals surface area contributed by atoms with Crippen LogP contribution in [-0.2, 0) is 7.05 Å². The second-order valence-corrected chi connectivity index (χ2v) is 5.40. The van der Waals surface area contributed by atoms with Gasteiger partial charge in [-0.25, -0.2) is 4.98 Å². The third-order valence-corrected chi connectivity index (χ3v) is 3.91. The molecule has 0 amide bonds. The molecule has 3 atom stereocenters. The number of rotatable bonds is 6. The van der Waals surface area contributed by atoms with E-state index in [1.54, 1.807) is 6.26 Å². The molecule has 1 aliphatic rings. The van der Waals surface area contributed by atoms with Gasteiger partial charge in [0, 0.05) is 25.5 Å². The van der Waals surface area contributed by atoms with Gasteiger partial charge in [0.05, 0.1) is 6.26 Å². The average Bonchev–Trinajstić information content (AvgIpc) is 2.85. The predicted octanol–water partition coefficient (Wildman–Crippen LogP) is 2.88. The van der Waals surface area contributed by atoms with E-state index in [1.165, 1.54) is 19.3 Å². The minimum Gasteiger partial charge on any atom is -0.467 e. The van der Waals surface area contributed by atoms with Gasteiger partial charge < -0.3 is 8.98 Å². The lowest BCUT2D eigenvalue weighted by molar-refractivity contribution is 0.420. The van der Waals surface area contributed by atoms with Gasteiger partial charge in [-0.3, -0.25) is 5.32 Å². The molecular formula is C15H21N3O. The molecule has 3 rings (SSSR count). The van der Waals surface area contributed by atoms with Crippen LogP contribution in [0.3, 0.4) is 0 Å². The van der Waals surface area contributed by atoms with E-state index in [0.717, 1.165) is 17.5 Å². The lowest BCUT2D eigenvalue weighted by Gasteiger charge is -2.16. The monoisotopic (exact) mass is 259 g/mol. The first-order valence-electron chi connectivity index (χ1n) is 7.06. The van der Waals surface area contributed by atoms with Crippen LogP contribution in [0.15, 0.2) is 35.2 Å². The highest BCUT2D eigenvalue weighted by Gasteiger charge is 2.39. The summed E-state index contributed by atoms with van der Waals surface area (Å²) in [5, 5.41) is 3.69. The number of hydrogen-bond acceptors (Lipinski definition) is 3. The van der Waals surface area contributed by atoms with Gasteiger partial charge in [0.1, 0.15) is 17.6 Å². The Bertz CT molecular complexity index is 517. The van der Waals surface area contributed by atoms with Crippen LogP contribution in [-0.4, -0.2) is 15.6 Å². The van der Waals surface area contributed by atoms with Crippen molar-refractivity contribution in [3.63, 3.8) is 0 Å². The summed E-state index contributed by atoms with van der Waals surface area (Å²) in [6, 6.07) is 4.61. The van der Waals surface area contributed by atoms with Crippen molar-refractivity contribution in [3.05, 3.63) is 42.4 Å². The topological polar surface area (TPSA) is 43.0 Å². The molecule has 0 spiro atoms. The molecule has 0 aromatic carbocycles. The maximum absolute atomic E-state index is 5.58. The molecule has 3 unspecified atom stereocenters.